The molecule has 1 unspecified atom stereocenters. The van der Waals surface area contributed by atoms with Crippen molar-refractivity contribution < 1.29 is 18.9 Å². The van der Waals surface area contributed by atoms with E-state index < -0.39 is 16.8 Å². The molecule has 0 bridgehead atoms. The second kappa shape index (κ2) is 8.82. The van der Waals surface area contributed by atoms with E-state index in [1.165, 1.54) is 0 Å². The zero-order valence-electron chi connectivity index (χ0n) is 13.9. The summed E-state index contributed by atoms with van der Waals surface area (Å²) in [6.07, 6.45) is 1.42. The van der Waals surface area contributed by atoms with Crippen LogP contribution in [0, 0.1) is 0 Å². The van der Waals surface area contributed by atoms with Gasteiger partial charge in [0.1, 0.15) is 0 Å². The number of unbranched alkanes of at least 4 members (excludes halogenated alkanes) is 1. The number of hydrogen-bond acceptors (Lipinski definition) is 3. The van der Waals surface area contributed by atoms with E-state index in [-0.39, 0.29) is 17.1 Å². The highest BCUT2D eigenvalue weighted by Crippen LogP contribution is 2.19. The molecule has 23 heavy (non-hydrogen) atoms. The van der Waals surface area contributed by atoms with Crippen LogP contribution in [-0.4, -0.2) is 25.9 Å². The summed E-state index contributed by atoms with van der Waals surface area (Å²) in [7, 11) is -0.988. The summed E-state index contributed by atoms with van der Waals surface area (Å²) in [5.41, 5.74) is 1.60. The maximum Gasteiger partial charge on any atom is 0.303 e. The third-order valence-corrected chi connectivity index (χ3v) is 5.20. The number of carboxylic acids is 1. The van der Waals surface area contributed by atoms with Crippen molar-refractivity contribution in [1.29, 1.82) is 0 Å². The lowest BCUT2D eigenvalue weighted by molar-refractivity contribution is -0.137. The highest BCUT2D eigenvalue weighted by atomic mass is 32.2. The summed E-state index contributed by atoms with van der Waals surface area (Å²) in [6, 6.07) is 7.35. The number of carboxylic acid groups (broad SMARTS) is 1. The minimum absolute atomic E-state index is 0.0847. The number of amides is 1. The molecular weight excluding hydrogens is 314 g/mol. The van der Waals surface area contributed by atoms with Crippen LogP contribution in [0.1, 0.15) is 52.0 Å². The van der Waals surface area contributed by atoms with Crippen molar-refractivity contribution in [1.82, 2.24) is 0 Å². The molecule has 5 nitrogen and oxygen atoms in total. The van der Waals surface area contributed by atoms with Gasteiger partial charge < -0.3 is 10.4 Å². The van der Waals surface area contributed by atoms with Gasteiger partial charge in [0.05, 0.1) is 0 Å². The van der Waals surface area contributed by atoms with Crippen molar-refractivity contribution >= 4 is 28.4 Å². The zero-order chi connectivity index (χ0) is 17.5. The number of aliphatic carboxylic acids is 1. The molecule has 2 N–H and O–H groups in total. The van der Waals surface area contributed by atoms with Crippen molar-refractivity contribution in [3.05, 3.63) is 29.8 Å². The Balaban J connectivity index is 2.52. The molecule has 0 aliphatic heterocycles. The van der Waals surface area contributed by atoms with E-state index in [1.54, 1.807) is 6.07 Å². The molecule has 1 rings (SSSR count). The molecule has 0 fully saturated rings. The quantitative estimate of drug-likeness (QED) is 0.712. The molecule has 0 spiro atoms. The Bertz CT molecular complexity index is 578. The third-order valence-electron chi connectivity index (χ3n) is 3.24. The number of hydrogen-bond donors (Lipinski definition) is 2. The van der Waals surface area contributed by atoms with Crippen LogP contribution in [0.15, 0.2) is 24.3 Å². The van der Waals surface area contributed by atoms with Gasteiger partial charge in [-0.25, -0.2) is 0 Å². The molecule has 1 atom stereocenters. The van der Waals surface area contributed by atoms with Crippen LogP contribution in [0.2, 0.25) is 0 Å². The first-order chi connectivity index (χ1) is 10.7. The predicted molar refractivity (Wildman–Crippen MR) is 92.8 cm³/mol. The van der Waals surface area contributed by atoms with Gasteiger partial charge in [-0.3, -0.25) is 13.8 Å². The van der Waals surface area contributed by atoms with Crippen LogP contribution >= 0.6 is 0 Å². The molecule has 0 radical (unpaired) electrons. The van der Waals surface area contributed by atoms with Crippen LogP contribution in [0.3, 0.4) is 0 Å². The minimum Gasteiger partial charge on any atom is -0.481 e. The average Bonchev–Trinajstić information content (AvgIpc) is 2.42. The highest BCUT2D eigenvalue weighted by Gasteiger charge is 2.19. The first-order valence-electron chi connectivity index (χ1n) is 7.67. The summed E-state index contributed by atoms with van der Waals surface area (Å²) in [5, 5.41) is 11.3. The molecule has 1 amide bonds. The van der Waals surface area contributed by atoms with Gasteiger partial charge in [0.2, 0.25) is 5.91 Å². The molecule has 0 aromatic heterocycles. The molecule has 0 aliphatic rings. The van der Waals surface area contributed by atoms with E-state index in [9.17, 15) is 13.8 Å². The fraction of sp³-hybridized carbons (Fsp3) is 0.529. The van der Waals surface area contributed by atoms with Gasteiger partial charge in [0.15, 0.2) is 0 Å². The number of anilines is 1. The van der Waals surface area contributed by atoms with Crippen molar-refractivity contribution in [2.75, 3.05) is 5.32 Å². The first kappa shape index (κ1) is 19.4. The standard InChI is InChI=1S/C17H25NO4S/c1-17(2,3)23(22)12-13-7-6-8-14(11-13)18-15(19)9-4-5-10-16(20)21/h6-8,11H,4-5,9-10,12H2,1-3H3,(H,18,19)(H,20,21). The van der Waals surface area contributed by atoms with E-state index in [2.05, 4.69) is 5.32 Å². The van der Waals surface area contributed by atoms with Crippen LogP contribution in [0.5, 0.6) is 0 Å². The van der Waals surface area contributed by atoms with Gasteiger partial charge in [-0.1, -0.05) is 12.1 Å². The van der Waals surface area contributed by atoms with Gasteiger partial charge in [0, 0.05) is 39.8 Å². The summed E-state index contributed by atoms with van der Waals surface area (Å²) >= 11 is 0. The Labute approximate surface area is 139 Å². The minimum atomic E-state index is -0.988. The fourth-order valence-electron chi connectivity index (χ4n) is 1.89. The molecule has 0 aliphatic carbocycles. The molecular formula is C17H25NO4S. The topological polar surface area (TPSA) is 83.5 Å². The van der Waals surface area contributed by atoms with E-state index in [1.807, 2.05) is 39.0 Å². The van der Waals surface area contributed by atoms with Crippen molar-refractivity contribution in [3.63, 3.8) is 0 Å². The van der Waals surface area contributed by atoms with Gasteiger partial charge >= 0.3 is 5.97 Å². The Morgan fingerprint density at radius 2 is 1.83 bits per heavy atom. The molecule has 1 aromatic carbocycles. The summed E-state index contributed by atoms with van der Waals surface area (Å²) < 4.78 is 11.9. The van der Waals surface area contributed by atoms with Crippen molar-refractivity contribution in [2.24, 2.45) is 0 Å². The fourth-order valence-corrected chi connectivity index (χ4v) is 2.81. The summed E-state index contributed by atoms with van der Waals surface area (Å²) in [6.45, 7) is 5.81. The highest BCUT2D eigenvalue weighted by molar-refractivity contribution is 7.85. The Morgan fingerprint density at radius 1 is 1.17 bits per heavy atom. The Kier molecular flexibility index (Phi) is 7.42. The monoisotopic (exact) mass is 339 g/mol. The molecule has 128 valence electrons. The van der Waals surface area contributed by atoms with E-state index >= 15 is 0 Å². The molecule has 0 saturated heterocycles. The Morgan fingerprint density at radius 3 is 2.43 bits per heavy atom. The second-order valence-corrected chi connectivity index (χ2v) is 8.66. The van der Waals surface area contributed by atoms with Crippen LogP contribution in [0.4, 0.5) is 5.69 Å². The average molecular weight is 339 g/mol. The second-order valence-electron chi connectivity index (χ2n) is 6.45. The number of nitrogens with one attached hydrogen (secondary N) is 1. The lowest BCUT2D eigenvalue weighted by Crippen LogP contribution is -2.23. The third kappa shape index (κ3) is 7.93. The number of carbonyl (C=O) groups excluding carboxylic acids is 1. The van der Waals surface area contributed by atoms with Crippen molar-refractivity contribution in [2.45, 2.75) is 57.0 Å². The maximum absolute atomic E-state index is 12.2. The van der Waals surface area contributed by atoms with Crippen molar-refractivity contribution in [3.8, 4) is 0 Å². The van der Waals surface area contributed by atoms with Crippen LogP contribution in [-0.2, 0) is 26.1 Å². The molecule has 0 saturated carbocycles. The summed E-state index contributed by atoms with van der Waals surface area (Å²) in [5.74, 6) is -0.527. The smallest absolute Gasteiger partial charge is 0.303 e. The van der Waals surface area contributed by atoms with Gasteiger partial charge in [-0.2, -0.15) is 0 Å². The number of benzene rings is 1. The van der Waals surface area contributed by atoms with E-state index in [0.717, 1.165) is 5.56 Å². The van der Waals surface area contributed by atoms with E-state index in [4.69, 9.17) is 5.11 Å². The van der Waals surface area contributed by atoms with Crippen LogP contribution < -0.4 is 5.32 Å². The number of rotatable bonds is 8. The first-order valence-corrected chi connectivity index (χ1v) is 8.99. The molecule has 0 heterocycles. The van der Waals surface area contributed by atoms with Gasteiger partial charge in [0.25, 0.3) is 0 Å². The zero-order valence-corrected chi connectivity index (χ0v) is 14.7. The SMILES string of the molecule is CC(C)(C)S(=O)Cc1cccc(NC(=O)CCCCC(=O)O)c1. The predicted octanol–water partition coefficient (Wildman–Crippen LogP) is 3.32. The van der Waals surface area contributed by atoms with Crippen LogP contribution in [0.25, 0.3) is 0 Å². The molecule has 6 heteroatoms. The summed E-state index contributed by atoms with van der Waals surface area (Å²) in [4.78, 5) is 22.2. The lowest BCUT2D eigenvalue weighted by Gasteiger charge is -2.18. The Hall–Kier alpha value is -1.69. The maximum atomic E-state index is 12.2. The van der Waals surface area contributed by atoms with Gasteiger partial charge in [-0.05, 0) is 51.3 Å². The largest absolute Gasteiger partial charge is 0.481 e. The van der Waals surface area contributed by atoms with E-state index in [0.29, 0.717) is 30.7 Å². The van der Waals surface area contributed by atoms with Gasteiger partial charge in [-0.15, -0.1) is 0 Å². The number of carbonyl (C=O) groups is 2. The lowest BCUT2D eigenvalue weighted by atomic mass is 10.2. The molecule has 1 aromatic rings. The normalized spacial score (nSPS) is 12.7.